The van der Waals surface area contributed by atoms with Gasteiger partial charge in [-0.2, -0.15) is 0 Å². The van der Waals surface area contributed by atoms with Crippen molar-refractivity contribution in [2.75, 3.05) is 6.61 Å². The highest BCUT2D eigenvalue weighted by Gasteiger charge is 2.19. The fourth-order valence-corrected chi connectivity index (χ4v) is 5.74. The van der Waals surface area contributed by atoms with Gasteiger partial charge in [-0.25, -0.2) is 0 Å². The molecule has 1 amide bonds. The van der Waals surface area contributed by atoms with Crippen LogP contribution in [0.15, 0.2) is 60.8 Å². The lowest BCUT2D eigenvalue weighted by Crippen LogP contribution is -2.45. The number of aliphatic hydroxyl groups is 2. The molecule has 0 bridgehead atoms. The molecule has 0 aromatic heterocycles. The number of aliphatic hydroxyl groups excluding tert-OH is 2. The summed E-state index contributed by atoms with van der Waals surface area (Å²) in [5, 5.41) is 23.1. The zero-order chi connectivity index (χ0) is 34.3. The summed E-state index contributed by atoms with van der Waals surface area (Å²) in [5.41, 5.74) is 0. The molecule has 47 heavy (non-hydrogen) atoms. The van der Waals surface area contributed by atoms with E-state index in [2.05, 4.69) is 79.9 Å². The molecule has 272 valence electrons. The molecule has 4 nitrogen and oxygen atoms in total. The van der Waals surface area contributed by atoms with Gasteiger partial charge in [-0.15, -0.1) is 0 Å². The fourth-order valence-electron chi connectivity index (χ4n) is 5.74. The van der Waals surface area contributed by atoms with E-state index < -0.39 is 12.1 Å². The number of hydrogen-bond donors (Lipinski definition) is 3. The second-order valence-corrected chi connectivity index (χ2v) is 13.3. The predicted molar refractivity (Wildman–Crippen MR) is 207 cm³/mol. The second kappa shape index (κ2) is 38.5. The average Bonchev–Trinajstić information content (AvgIpc) is 3.07. The summed E-state index contributed by atoms with van der Waals surface area (Å²) < 4.78 is 0. The highest BCUT2D eigenvalue weighted by atomic mass is 16.3. The summed E-state index contributed by atoms with van der Waals surface area (Å²) >= 11 is 0. The SMILES string of the molecule is CC/C=C\C/C=C\C/C=C\C/C=C\C/C=C\CCCCCC(=O)NC(CO)C(O)CCCCCCCCCCCCCCCCCC. The van der Waals surface area contributed by atoms with Gasteiger partial charge in [0.05, 0.1) is 18.8 Å². The molecule has 0 radical (unpaired) electrons. The summed E-state index contributed by atoms with van der Waals surface area (Å²) in [5.74, 6) is -0.0649. The molecule has 3 N–H and O–H groups in total. The maximum Gasteiger partial charge on any atom is 0.220 e. The van der Waals surface area contributed by atoms with Crippen molar-refractivity contribution in [3.8, 4) is 0 Å². The minimum atomic E-state index is -0.675. The van der Waals surface area contributed by atoms with E-state index in [4.69, 9.17) is 0 Å². The van der Waals surface area contributed by atoms with Crippen LogP contribution in [0.2, 0.25) is 0 Å². The Morgan fingerprint density at radius 2 is 0.936 bits per heavy atom. The number of allylic oxidation sites excluding steroid dienone is 10. The number of carbonyl (C=O) groups excluding carboxylic acids is 1. The van der Waals surface area contributed by atoms with Crippen molar-refractivity contribution >= 4 is 5.91 Å². The number of hydrogen-bond acceptors (Lipinski definition) is 3. The van der Waals surface area contributed by atoms with Gasteiger partial charge in [-0.05, 0) is 57.8 Å². The molecule has 2 unspecified atom stereocenters. The van der Waals surface area contributed by atoms with Crippen LogP contribution in [0.3, 0.4) is 0 Å². The van der Waals surface area contributed by atoms with Gasteiger partial charge < -0.3 is 15.5 Å². The van der Waals surface area contributed by atoms with Gasteiger partial charge in [0, 0.05) is 6.42 Å². The Labute approximate surface area is 292 Å². The summed E-state index contributed by atoms with van der Waals surface area (Å²) in [4.78, 5) is 12.4. The van der Waals surface area contributed by atoms with Crippen LogP contribution in [0.1, 0.15) is 187 Å². The highest BCUT2D eigenvalue weighted by Crippen LogP contribution is 2.15. The molecule has 0 fully saturated rings. The van der Waals surface area contributed by atoms with E-state index in [1.54, 1.807) is 0 Å². The largest absolute Gasteiger partial charge is 0.394 e. The van der Waals surface area contributed by atoms with E-state index in [-0.39, 0.29) is 12.5 Å². The van der Waals surface area contributed by atoms with Gasteiger partial charge in [0.1, 0.15) is 0 Å². The van der Waals surface area contributed by atoms with Crippen LogP contribution in [0.5, 0.6) is 0 Å². The smallest absolute Gasteiger partial charge is 0.220 e. The Kier molecular flexibility index (Phi) is 37.0. The lowest BCUT2D eigenvalue weighted by molar-refractivity contribution is -0.123. The molecule has 0 heterocycles. The van der Waals surface area contributed by atoms with E-state index >= 15 is 0 Å². The van der Waals surface area contributed by atoms with Crippen molar-refractivity contribution in [3.63, 3.8) is 0 Å². The first kappa shape index (κ1) is 45.1. The average molecular weight is 656 g/mol. The van der Waals surface area contributed by atoms with E-state index in [9.17, 15) is 15.0 Å². The molecule has 0 aliphatic heterocycles. The normalized spacial score (nSPS) is 13.7. The van der Waals surface area contributed by atoms with E-state index in [0.717, 1.165) is 70.6 Å². The zero-order valence-corrected chi connectivity index (χ0v) is 31.0. The molecule has 0 saturated heterocycles. The molecule has 0 rings (SSSR count). The monoisotopic (exact) mass is 656 g/mol. The predicted octanol–water partition coefficient (Wildman–Crippen LogP) is 12.2. The lowest BCUT2D eigenvalue weighted by atomic mass is 10.0. The number of unbranched alkanes of at least 4 members (excludes halogenated alkanes) is 18. The van der Waals surface area contributed by atoms with Crippen molar-refractivity contribution in [1.29, 1.82) is 0 Å². The van der Waals surface area contributed by atoms with Gasteiger partial charge in [-0.1, -0.05) is 184 Å². The Morgan fingerprint density at radius 3 is 1.38 bits per heavy atom. The minimum absolute atomic E-state index is 0.0649. The first-order chi connectivity index (χ1) is 23.2. The van der Waals surface area contributed by atoms with Crippen molar-refractivity contribution in [3.05, 3.63) is 60.8 Å². The Bertz CT molecular complexity index is 797. The maximum absolute atomic E-state index is 12.4. The van der Waals surface area contributed by atoms with Crippen molar-refractivity contribution in [2.45, 2.75) is 199 Å². The van der Waals surface area contributed by atoms with Crippen LogP contribution in [-0.4, -0.2) is 34.9 Å². The first-order valence-electron chi connectivity index (χ1n) is 20.0. The van der Waals surface area contributed by atoms with Crippen molar-refractivity contribution < 1.29 is 15.0 Å². The summed E-state index contributed by atoms with van der Waals surface area (Å²) in [7, 11) is 0. The molecule has 0 spiro atoms. The number of amides is 1. The van der Waals surface area contributed by atoms with E-state index in [1.807, 2.05) is 0 Å². The highest BCUT2D eigenvalue weighted by molar-refractivity contribution is 5.76. The summed E-state index contributed by atoms with van der Waals surface area (Å²) in [6.07, 6.45) is 52.8. The van der Waals surface area contributed by atoms with Crippen LogP contribution < -0.4 is 5.32 Å². The van der Waals surface area contributed by atoms with Crippen molar-refractivity contribution in [1.82, 2.24) is 5.32 Å². The Balaban J connectivity index is 3.65. The van der Waals surface area contributed by atoms with Gasteiger partial charge in [0.2, 0.25) is 5.91 Å². The molecule has 4 heteroatoms. The molecule has 0 aliphatic carbocycles. The number of carbonyl (C=O) groups is 1. The molecule has 0 saturated carbocycles. The van der Waals surface area contributed by atoms with Crippen molar-refractivity contribution in [2.24, 2.45) is 0 Å². The van der Waals surface area contributed by atoms with Crippen LogP contribution >= 0.6 is 0 Å². The van der Waals surface area contributed by atoms with Crippen LogP contribution in [0, 0.1) is 0 Å². The van der Waals surface area contributed by atoms with E-state index in [1.165, 1.54) is 89.9 Å². The molecule has 0 aliphatic rings. The maximum atomic E-state index is 12.4. The zero-order valence-electron chi connectivity index (χ0n) is 31.0. The summed E-state index contributed by atoms with van der Waals surface area (Å²) in [6.45, 7) is 4.22. The fraction of sp³-hybridized carbons (Fsp3) is 0.744. The topological polar surface area (TPSA) is 69.6 Å². The van der Waals surface area contributed by atoms with Crippen LogP contribution in [0.25, 0.3) is 0 Å². The third-order valence-electron chi connectivity index (χ3n) is 8.79. The van der Waals surface area contributed by atoms with E-state index in [0.29, 0.717) is 12.8 Å². The first-order valence-corrected chi connectivity index (χ1v) is 20.0. The van der Waals surface area contributed by atoms with Crippen LogP contribution in [-0.2, 0) is 4.79 Å². The standard InChI is InChI=1S/C43H77NO3/c1-3-5-7-9-11-13-15-17-19-21-22-23-25-27-29-31-33-35-37-39-43(47)44-41(40-45)42(46)38-36-34-32-30-28-26-24-20-18-16-14-12-10-8-6-4-2/h5,7,11,13,17,19,22-23,27,29,41-42,45-46H,3-4,6,8-10,12,14-16,18,20-21,24-26,28,30-40H2,1-2H3,(H,44,47)/b7-5-,13-11-,19-17-,23-22-,29-27-. The number of nitrogens with one attached hydrogen (secondary N) is 1. The third-order valence-corrected chi connectivity index (χ3v) is 8.79. The van der Waals surface area contributed by atoms with Gasteiger partial charge >= 0.3 is 0 Å². The Hall–Kier alpha value is -1.91. The van der Waals surface area contributed by atoms with Gasteiger partial charge in [0.15, 0.2) is 0 Å². The lowest BCUT2D eigenvalue weighted by Gasteiger charge is -2.22. The van der Waals surface area contributed by atoms with Gasteiger partial charge in [0.25, 0.3) is 0 Å². The second-order valence-electron chi connectivity index (χ2n) is 13.3. The number of rotatable bonds is 35. The Morgan fingerprint density at radius 1 is 0.532 bits per heavy atom. The van der Waals surface area contributed by atoms with Crippen LogP contribution in [0.4, 0.5) is 0 Å². The van der Waals surface area contributed by atoms with Gasteiger partial charge in [-0.3, -0.25) is 4.79 Å². The molecular formula is C43H77NO3. The quantitative estimate of drug-likeness (QED) is 0.0470. The molecular weight excluding hydrogens is 578 g/mol. The third kappa shape index (κ3) is 35.2. The summed E-state index contributed by atoms with van der Waals surface area (Å²) in [6, 6.07) is -0.555. The molecule has 0 aromatic carbocycles. The molecule has 2 atom stereocenters. The minimum Gasteiger partial charge on any atom is -0.394 e. The molecule has 0 aromatic rings.